The van der Waals surface area contributed by atoms with Gasteiger partial charge in [0, 0.05) is 6.42 Å². The predicted octanol–water partition coefficient (Wildman–Crippen LogP) is 2.64. The number of hydrogen-bond acceptors (Lipinski definition) is 3. The summed E-state index contributed by atoms with van der Waals surface area (Å²) in [5.41, 5.74) is 1.99. The highest BCUT2D eigenvalue weighted by Crippen LogP contribution is 2.18. The summed E-state index contributed by atoms with van der Waals surface area (Å²) in [4.78, 5) is 22.8. The number of carbonyl (C=O) groups is 2. The van der Waals surface area contributed by atoms with Crippen LogP contribution in [0.3, 0.4) is 0 Å². The standard InChI is InChI=1S/C15H18O3/c1-4-12-7-5-6-8-13(12)10-14(9-11(2)16)15(17)18-3/h4-8,14H,1,9-10H2,2-3H3. The fourth-order valence-electron chi connectivity index (χ4n) is 1.94. The lowest BCUT2D eigenvalue weighted by atomic mass is 9.92. The molecule has 0 spiro atoms. The molecule has 0 N–H and O–H groups in total. The molecule has 96 valence electrons. The summed E-state index contributed by atoms with van der Waals surface area (Å²) in [5, 5.41) is 0. The smallest absolute Gasteiger partial charge is 0.309 e. The Bertz CT molecular complexity index is 449. The zero-order valence-corrected chi connectivity index (χ0v) is 10.8. The number of esters is 1. The summed E-state index contributed by atoms with van der Waals surface area (Å²) in [7, 11) is 1.34. The molecule has 0 amide bonds. The zero-order valence-electron chi connectivity index (χ0n) is 10.8. The molecule has 18 heavy (non-hydrogen) atoms. The third kappa shape index (κ3) is 3.84. The number of ether oxygens (including phenoxy) is 1. The van der Waals surface area contributed by atoms with Crippen LogP contribution in [0.2, 0.25) is 0 Å². The van der Waals surface area contributed by atoms with E-state index < -0.39 is 5.92 Å². The van der Waals surface area contributed by atoms with Crippen LogP contribution in [-0.4, -0.2) is 18.9 Å². The van der Waals surface area contributed by atoms with Crippen molar-refractivity contribution in [2.24, 2.45) is 5.92 Å². The van der Waals surface area contributed by atoms with Gasteiger partial charge in [0.15, 0.2) is 0 Å². The van der Waals surface area contributed by atoms with Crippen molar-refractivity contribution in [3.8, 4) is 0 Å². The number of carbonyl (C=O) groups excluding carboxylic acids is 2. The molecule has 3 nitrogen and oxygen atoms in total. The molecule has 1 aromatic carbocycles. The highest BCUT2D eigenvalue weighted by molar-refractivity contribution is 5.83. The summed E-state index contributed by atoms with van der Waals surface area (Å²) in [6.07, 6.45) is 2.45. The molecule has 0 aliphatic heterocycles. The topological polar surface area (TPSA) is 43.4 Å². The number of benzene rings is 1. The summed E-state index contributed by atoms with van der Waals surface area (Å²) in [5.74, 6) is -0.779. The summed E-state index contributed by atoms with van der Waals surface area (Å²) in [6, 6.07) is 7.70. The maximum atomic E-state index is 11.7. The largest absolute Gasteiger partial charge is 0.469 e. The summed E-state index contributed by atoms with van der Waals surface area (Å²) < 4.78 is 4.74. The summed E-state index contributed by atoms with van der Waals surface area (Å²) >= 11 is 0. The molecule has 1 unspecified atom stereocenters. The molecule has 0 bridgehead atoms. The first kappa shape index (κ1) is 14.2. The highest BCUT2D eigenvalue weighted by Gasteiger charge is 2.22. The van der Waals surface area contributed by atoms with Crippen LogP contribution < -0.4 is 0 Å². The Morgan fingerprint density at radius 1 is 1.39 bits per heavy atom. The summed E-state index contributed by atoms with van der Waals surface area (Å²) in [6.45, 7) is 5.22. The third-order valence-corrected chi connectivity index (χ3v) is 2.81. The van der Waals surface area contributed by atoms with Crippen molar-refractivity contribution < 1.29 is 14.3 Å². The second-order valence-electron chi connectivity index (χ2n) is 4.23. The van der Waals surface area contributed by atoms with Crippen molar-refractivity contribution in [3.63, 3.8) is 0 Å². The quantitative estimate of drug-likeness (QED) is 0.725. The van der Waals surface area contributed by atoms with Crippen LogP contribution in [0.1, 0.15) is 24.5 Å². The van der Waals surface area contributed by atoms with Crippen molar-refractivity contribution >= 4 is 17.8 Å². The molecule has 0 aliphatic carbocycles. The fourth-order valence-corrected chi connectivity index (χ4v) is 1.94. The van der Waals surface area contributed by atoms with E-state index in [1.54, 1.807) is 6.08 Å². The van der Waals surface area contributed by atoms with Gasteiger partial charge in [-0.05, 0) is 24.5 Å². The Balaban J connectivity index is 2.91. The van der Waals surface area contributed by atoms with Crippen LogP contribution in [0, 0.1) is 5.92 Å². The van der Waals surface area contributed by atoms with Crippen molar-refractivity contribution in [1.29, 1.82) is 0 Å². The minimum Gasteiger partial charge on any atom is -0.469 e. The zero-order chi connectivity index (χ0) is 13.5. The molecule has 1 aromatic rings. The van der Waals surface area contributed by atoms with E-state index in [9.17, 15) is 9.59 Å². The van der Waals surface area contributed by atoms with E-state index in [1.807, 2.05) is 24.3 Å². The number of ketones is 1. The molecular weight excluding hydrogens is 228 g/mol. The lowest BCUT2D eigenvalue weighted by Crippen LogP contribution is -2.21. The van der Waals surface area contributed by atoms with Crippen LogP contribution in [0.4, 0.5) is 0 Å². The predicted molar refractivity (Wildman–Crippen MR) is 71.0 cm³/mol. The molecule has 0 heterocycles. The van der Waals surface area contributed by atoms with Crippen molar-refractivity contribution in [2.75, 3.05) is 7.11 Å². The molecule has 0 fully saturated rings. The Labute approximate surface area is 107 Å². The first-order chi connectivity index (χ1) is 8.58. The van der Waals surface area contributed by atoms with Crippen molar-refractivity contribution in [1.82, 2.24) is 0 Å². The average molecular weight is 246 g/mol. The molecule has 3 heteroatoms. The van der Waals surface area contributed by atoms with E-state index in [4.69, 9.17) is 4.74 Å². The lowest BCUT2D eigenvalue weighted by molar-refractivity contribution is -0.147. The van der Waals surface area contributed by atoms with Gasteiger partial charge in [0.1, 0.15) is 5.78 Å². The maximum absolute atomic E-state index is 11.7. The first-order valence-corrected chi connectivity index (χ1v) is 5.86. The van der Waals surface area contributed by atoms with E-state index in [1.165, 1.54) is 14.0 Å². The van der Waals surface area contributed by atoms with E-state index in [0.29, 0.717) is 6.42 Å². The van der Waals surface area contributed by atoms with Crippen LogP contribution in [0.25, 0.3) is 6.08 Å². The molecule has 0 radical (unpaired) electrons. The Hall–Kier alpha value is -1.90. The normalized spacial score (nSPS) is 11.7. The molecule has 0 saturated carbocycles. The van der Waals surface area contributed by atoms with Gasteiger partial charge in [-0.2, -0.15) is 0 Å². The molecule has 1 atom stereocenters. The Morgan fingerprint density at radius 2 is 2.06 bits per heavy atom. The highest BCUT2D eigenvalue weighted by atomic mass is 16.5. The second-order valence-corrected chi connectivity index (χ2v) is 4.23. The van der Waals surface area contributed by atoms with Gasteiger partial charge in [-0.25, -0.2) is 0 Å². The van der Waals surface area contributed by atoms with Gasteiger partial charge in [0.25, 0.3) is 0 Å². The fraction of sp³-hybridized carbons (Fsp3) is 0.333. The molecule has 0 aliphatic rings. The van der Waals surface area contributed by atoms with Gasteiger partial charge in [-0.1, -0.05) is 36.9 Å². The number of hydrogen-bond donors (Lipinski definition) is 0. The van der Waals surface area contributed by atoms with Crippen LogP contribution in [-0.2, 0) is 20.7 Å². The Morgan fingerprint density at radius 3 is 2.61 bits per heavy atom. The minimum absolute atomic E-state index is 0.0125. The van der Waals surface area contributed by atoms with Gasteiger partial charge in [-0.15, -0.1) is 0 Å². The van der Waals surface area contributed by atoms with Crippen LogP contribution in [0.15, 0.2) is 30.8 Å². The number of methoxy groups -OCH3 is 1. The second kappa shape index (κ2) is 6.74. The van der Waals surface area contributed by atoms with Crippen LogP contribution >= 0.6 is 0 Å². The minimum atomic E-state index is -0.423. The monoisotopic (exact) mass is 246 g/mol. The number of rotatable bonds is 6. The van der Waals surface area contributed by atoms with Gasteiger partial charge in [0.05, 0.1) is 13.0 Å². The van der Waals surface area contributed by atoms with E-state index in [0.717, 1.165) is 11.1 Å². The first-order valence-electron chi connectivity index (χ1n) is 5.86. The van der Waals surface area contributed by atoms with E-state index in [-0.39, 0.29) is 18.2 Å². The lowest BCUT2D eigenvalue weighted by Gasteiger charge is -2.14. The van der Waals surface area contributed by atoms with Gasteiger partial charge >= 0.3 is 5.97 Å². The Kier molecular flexibility index (Phi) is 5.31. The van der Waals surface area contributed by atoms with Gasteiger partial charge < -0.3 is 9.53 Å². The number of Topliss-reactive ketones (excluding diaryl/α,β-unsaturated/α-hetero) is 1. The molecule has 0 aromatic heterocycles. The molecule has 0 saturated heterocycles. The van der Waals surface area contributed by atoms with Crippen molar-refractivity contribution in [3.05, 3.63) is 42.0 Å². The van der Waals surface area contributed by atoms with E-state index >= 15 is 0 Å². The maximum Gasteiger partial charge on any atom is 0.309 e. The van der Waals surface area contributed by atoms with Crippen LogP contribution in [0.5, 0.6) is 0 Å². The van der Waals surface area contributed by atoms with Gasteiger partial charge in [-0.3, -0.25) is 4.79 Å². The van der Waals surface area contributed by atoms with E-state index in [2.05, 4.69) is 6.58 Å². The van der Waals surface area contributed by atoms with Gasteiger partial charge in [0.2, 0.25) is 0 Å². The average Bonchev–Trinajstić information content (AvgIpc) is 2.37. The molecule has 1 rings (SSSR count). The SMILES string of the molecule is C=Cc1ccccc1CC(CC(C)=O)C(=O)OC. The molecular formula is C15H18O3. The third-order valence-electron chi connectivity index (χ3n) is 2.81. The van der Waals surface area contributed by atoms with Crippen molar-refractivity contribution in [2.45, 2.75) is 19.8 Å².